The van der Waals surface area contributed by atoms with Crippen LogP contribution in [0.3, 0.4) is 0 Å². The fourth-order valence-corrected chi connectivity index (χ4v) is 4.10. The summed E-state index contributed by atoms with van der Waals surface area (Å²) in [5, 5.41) is 23.3. The van der Waals surface area contributed by atoms with E-state index in [2.05, 4.69) is 11.2 Å². The SMILES string of the molecule is Cc1c(COc2ccc(C#N)cc2)ccc2c(CCC3CCN(C(=O)O)CC3)noc12. The summed E-state index contributed by atoms with van der Waals surface area (Å²) in [4.78, 5) is 12.5. The van der Waals surface area contributed by atoms with Gasteiger partial charge in [0.15, 0.2) is 5.58 Å². The number of amides is 1. The average molecular weight is 419 g/mol. The van der Waals surface area contributed by atoms with Gasteiger partial charge < -0.3 is 19.3 Å². The number of fused-ring (bicyclic) bond motifs is 1. The van der Waals surface area contributed by atoms with E-state index in [0.29, 0.717) is 36.9 Å². The molecule has 0 bridgehead atoms. The number of nitrogens with zero attached hydrogens (tertiary/aromatic N) is 3. The number of carboxylic acid groups (broad SMARTS) is 1. The lowest BCUT2D eigenvalue weighted by Gasteiger charge is -2.29. The highest BCUT2D eigenvalue weighted by Crippen LogP contribution is 2.29. The molecule has 1 N–H and O–H groups in total. The third-order valence-electron chi connectivity index (χ3n) is 6.13. The molecule has 0 saturated carbocycles. The van der Waals surface area contributed by atoms with Gasteiger partial charge in [0.2, 0.25) is 0 Å². The number of hydrogen-bond acceptors (Lipinski definition) is 5. The third-order valence-corrected chi connectivity index (χ3v) is 6.13. The largest absolute Gasteiger partial charge is 0.489 e. The zero-order chi connectivity index (χ0) is 21.8. The summed E-state index contributed by atoms with van der Waals surface area (Å²) in [5.41, 5.74) is 4.39. The number of ether oxygens (including phenoxy) is 1. The number of likely N-dealkylation sites (tertiary alicyclic amines) is 1. The molecular weight excluding hydrogens is 394 g/mol. The predicted octanol–water partition coefficient (Wildman–Crippen LogP) is 4.91. The normalized spacial score (nSPS) is 14.5. The van der Waals surface area contributed by atoms with E-state index in [1.54, 1.807) is 24.3 Å². The molecule has 0 unspecified atom stereocenters. The summed E-state index contributed by atoms with van der Waals surface area (Å²) in [6, 6.07) is 13.2. The molecule has 1 aliphatic rings. The monoisotopic (exact) mass is 419 g/mol. The number of carbonyl (C=O) groups is 1. The van der Waals surface area contributed by atoms with E-state index >= 15 is 0 Å². The summed E-state index contributed by atoms with van der Waals surface area (Å²) in [7, 11) is 0. The van der Waals surface area contributed by atoms with Gasteiger partial charge in [-0.05, 0) is 74.4 Å². The number of hydrogen-bond donors (Lipinski definition) is 1. The summed E-state index contributed by atoms with van der Waals surface area (Å²) < 4.78 is 11.5. The maximum atomic E-state index is 11.0. The number of nitriles is 1. The van der Waals surface area contributed by atoms with Crippen molar-refractivity contribution in [1.29, 1.82) is 5.26 Å². The van der Waals surface area contributed by atoms with Crippen LogP contribution in [0.2, 0.25) is 0 Å². The molecule has 3 aromatic rings. The number of benzene rings is 2. The standard InChI is InChI=1S/C24H25N3O4/c1-16-19(15-30-20-6-2-18(14-25)3-7-20)5-8-21-22(26-31-23(16)21)9-4-17-10-12-27(13-11-17)24(28)29/h2-3,5-8,17H,4,9-13,15H2,1H3,(H,28,29). The van der Waals surface area contributed by atoms with Gasteiger partial charge in [-0.25, -0.2) is 4.79 Å². The van der Waals surface area contributed by atoms with Crippen LogP contribution in [0, 0.1) is 24.2 Å². The lowest BCUT2D eigenvalue weighted by atomic mass is 9.91. The molecule has 4 rings (SSSR count). The van der Waals surface area contributed by atoms with Crippen LogP contribution in [-0.2, 0) is 13.0 Å². The molecule has 2 aromatic carbocycles. The molecule has 7 nitrogen and oxygen atoms in total. The first-order valence-electron chi connectivity index (χ1n) is 10.5. The molecule has 0 spiro atoms. The number of aromatic nitrogens is 1. The van der Waals surface area contributed by atoms with Crippen LogP contribution in [0.4, 0.5) is 4.79 Å². The Morgan fingerprint density at radius 3 is 2.68 bits per heavy atom. The zero-order valence-electron chi connectivity index (χ0n) is 17.5. The van der Waals surface area contributed by atoms with Crippen LogP contribution < -0.4 is 4.74 Å². The maximum Gasteiger partial charge on any atom is 0.407 e. The fraction of sp³-hybridized carbons (Fsp3) is 0.375. The van der Waals surface area contributed by atoms with Crippen molar-refractivity contribution in [1.82, 2.24) is 10.1 Å². The highest BCUT2D eigenvalue weighted by Gasteiger charge is 2.23. The Bertz CT molecular complexity index is 1110. The van der Waals surface area contributed by atoms with Crippen LogP contribution in [0.1, 0.15) is 41.6 Å². The summed E-state index contributed by atoms with van der Waals surface area (Å²) in [5.74, 6) is 1.23. The first-order chi connectivity index (χ1) is 15.0. The van der Waals surface area contributed by atoms with Crippen molar-refractivity contribution >= 4 is 17.1 Å². The topological polar surface area (TPSA) is 99.6 Å². The Labute approximate surface area is 180 Å². The predicted molar refractivity (Wildman–Crippen MR) is 115 cm³/mol. The van der Waals surface area contributed by atoms with Gasteiger partial charge in [-0.2, -0.15) is 5.26 Å². The smallest absolute Gasteiger partial charge is 0.407 e. The second kappa shape index (κ2) is 9.09. The highest BCUT2D eigenvalue weighted by molar-refractivity contribution is 5.83. The Hall–Kier alpha value is -3.53. The maximum absolute atomic E-state index is 11.0. The van der Waals surface area contributed by atoms with E-state index in [4.69, 9.17) is 19.6 Å². The van der Waals surface area contributed by atoms with Crippen LogP contribution in [0.15, 0.2) is 40.9 Å². The van der Waals surface area contributed by atoms with Gasteiger partial charge in [0.1, 0.15) is 12.4 Å². The Balaban J connectivity index is 1.38. The molecule has 1 amide bonds. The zero-order valence-corrected chi connectivity index (χ0v) is 17.5. The first-order valence-corrected chi connectivity index (χ1v) is 10.5. The van der Waals surface area contributed by atoms with E-state index in [9.17, 15) is 4.79 Å². The molecule has 31 heavy (non-hydrogen) atoms. The highest BCUT2D eigenvalue weighted by atomic mass is 16.5. The van der Waals surface area contributed by atoms with Gasteiger partial charge in [-0.15, -0.1) is 0 Å². The lowest BCUT2D eigenvalue weighted by molar-refractivity contribution is 0.123. The third kappa shape index (κ3) is 4.64. The Kier molecular flexibility index (Phi) is 6.08. The van der Waals surface area contributed by atoms with Crippen molar-refractivity contribution in [2.24, 2.45) is 5.92 Å². The van der Waals surface area contributed by atoms with Gasteiger partial charge in [0, 0.05) is 24.0 Å². The van der Waals surface area contributed by atoms with E-state index in [1.807, 2.05) is 19.1 Å². The van der Waals surface area contributed by atoms with E-state index in [1.165, 1.54) is 4.90 Å². The molecule has 0 radical (unpaired) electrons. The van der Waals surface area contributed by atoms with Gasteiger partial charge in [0.25, 0.3) is 0 Å². The number of rotatable bonds is 6. The summed E-state index contributed by atoms with van der Waals surface area (Å²) >= 11 is 0. The van der Waals surface area contributed by atoms with Crippen molar-refractivity contribution in [3.05, 3.63) is 58.8 Å². The molecule has 0 atom stereocenters. The van der Waals surface area contributed by atoms with Gasteiger partial charge in [-0.1, -0.05) is 11.2 Å². The minimum Gasteiger partial charge on any atom is -0.489 e. The minimum atomic E-state index is -0.824. The van der Waals surface area contributed by atoms with Crippen LogP contribution in [-0.4, -0.2) is 34.3 Å². The summed E-state index contributed by atoms with van der Waals surface area (Å²) in [6.07, 6.45) is 2.79. The second-order valence-corrected chi connectivity index (χ2v) is 8.03. The minimum absolute atomic E-state index is 0.409. The van der Waals surface area contributed by atoms with Crippen molar-refractivity contribution in [2.75, 3.05) is 13.1 Å². The molecule has 160 valence electrons. The molecule has 1 fully saturated rings. The van der Waals surface area contributed by atoms with E-state index in [-0.39, 0.29) is 0 Å². The van der Waals surface area contributed by atoms with Gasteiger partial charge in [0.05, 0.1) is 17.3 Å². The fourth-order valence-electron chi connectivity index (χ4n) is 4.10. The van der Waals surface area contributed by atoms with Crippen LogP contribution in [0.5, 0.6) is 5.75 Å². The lowest BCUT2D eigenvalue weighted by Crippen LogP contribution is -2.37. The van der Waals surface area contributed by atoms with Crippen molar-refractivity contribution in [3.63, 3.8) is 0 Å². The first kappa shape index (κ1) is 20.7. The average Bonchev–Trinajstić information content (AvgIpc) is 3.21. The van der Waals surface area contributed by atoms with E-state index < -0.39 is 6.09 Å². The molecular formula is C24H25N3O4. The molecule has 1 aliphatic heterocycles. The Morgan fingerprint density at radius 1 is 1.26 bits per heavy atom. The van der Waals surface area contributed by atoms with Crippen molar-refractivity contribution < 1.29 is 19.2 Å². The van der Waals surface area contributed by atoms with Crippen molar-refractivity contribution in [3.8, 4) is 11.8 Å². The second-order valence-electron chi connectivity index (χ2n) is 8.03. The van der Waals surface area contributed by atoms with Crippen LogP contribution in [0.25, 0.3) is 11.0 Å². The molecule has 0 aliphatic carbocycles. The quantitative estimate of drug-likeness (QED) is 0.609. The molecule has 2 heterocycles. The van der Waals surface area contributed by atoms with Gasteiger partial charge in [-0.3, -0.25) is 0 Å². The number of aryl methyl sites for hydroxylation is 2. The van der Waals surface area contributed by atoms with Crippen LogP contribution >= 0.6 is 0 Å². The number of piperidine rings is 1. The van der Waals surface area contributed by atoms with Crippen molar-refractivity contribution in [2.45, 2.75) is 39.2 Å². The molecule has 1 saturated heterocycles. The van der Waals surface area contributed by atoms with Gasteiger partial charge >= 0.3 is 6.09 Å². The molecule has 1 aromatic heterocycles. The Morgan fingerprint density at radius 2 is 2.00 bits per heavy atom. The summed E-state index contributed by atoms with van der Waals surface area (Å²) in [6.45, 7) is 3.64. The van der Waals surface area contributed by atoms with E-state index in [0.717, 1.165) is 53.5 Å². The molecule has 7 heteroatoms.